The lowest BCUT2D eigenvalue weighted by atomic mass is 10.2. The van der Waals surface area contributed by atoms with Gasteiger partial charge >= 0.3 is 11.9 Å². The topological polar surface area (TPSA) is 89.5 Å². The Kier molecular flexibility index (Phi) is 10.2. The Bertz CT molecular complexity index is 819. The molecule has 0 spiro atoms. The average Bonchev–Trinajstić information content (AvgIpc) is 2.86. The quantitative estimate of drug-likeness (QED) is 0.323. The molecular weight excluding hydrogens is 440 g/mol. The van der Waals surface area contributed by atoms with Gasteiger partial charge in [0.1, 0.15) is 11.5 Å². The molecule has 1 aliphatic rings. The molecule has 3 rings (SSSR count). The predicted molar refractivity (Wildman–Crippen MR) is 124 cm³/mol. The van der Waals surface area contributed by atoms with Gasteiger partial charge < -0.3 is 28.4 Å². The fraction of sp³-hybridized carbons (Fsp3) is 0.462. The van der Waals surface area contributed by atoms with Crippen LogP contribution in [0.5, 0.6) is 11.5 Å². The van der Waals surface area contributed by atoms with Crippen molar-refractivity contribution in [2.45, 2.75) is 52.1 Å². The second kappa shape index (κ2) is 13.6. The van der Waals surface area contributed by atoms with Gasteiger partial charge in [-0.05, 0) is 61.4 Å². The van der Waals surface area contributed by atoms with Crippen molar-refractivity contribution < 1.29 is 38.0 Å². The molecular formula is C26H32O8. The van der Waals surface area contributed by atoms with E-state index < -0.39 is 12.6 Å². The van der Waals surface area contributed by atoms with Gasteiger partial charge in [-0.15, -0.1) is 0 Å². The Morgan fingerprint density at radius 3 is 1.44 bits per heavy atom. The first-order valence-electron chi connectivity index (χ1n) is 11.7. The van der Waals surface area contributed by atoms with E-state index in [4.69, 9.17) is 28.4 Å². The lowest BCUT2D eigenvalue weighted by molar-refractivity contribution is -0.271. The number of carbonyl (C=O) groups is 2. The lowest BCUT2D eigenvalue weighted by Crippen LogP contribution is -2.45. The summed E-state index contributed by atoms with van der Waals surface area (Å²) in [7, 11) is 0. The van der Waals surface area contributed by atoms with E-state index in [1.165, 1.54) is 0 Å². The standard InChI is InChI=1S/C26H32O8/c1-3-5-15-29-23(27)19-7-11-21(12-8-19)33-25-26(32-18-17-31-25)34-22-13-9-20(10-14-22)24(28)30-16-6-4-2/h7-14,25-26H,3-6,15-18H2,1-2H3/t25-,26+. The van der Waals surface area contributed by atoms with E-state index in [9.17, 15) is 9.59 Å². The zero-order valence-electron chi connectivity index (χ0n) is 19.7. The van der Waals surface area contributed by atoms with Crippen LogP contribution in [0.1, 0.15) is 60.2 Å². The Morgan fingerprint density at radius 1 is 0.706 bits per heavy atom. The van der Waals surface area contributed by atoms with Crippen molar-refractivity contribution >= 4 is 11.9 Å². The van der Waals surface area contributed by atoms with Crippen LogP contribution in [-0.4, -0.2) is 50.9 Å². The summed E-state index contributed by atoms with van der Waals surface area (Å²) in [6, 6.07) is 13.2. The van der Waals surface area contributed by atoms with Gasteiger partial charge in [-0.25, -0.2) is 9.59 Å². The van der Waals surface area contributed by atoms with Crippen LogP contribution in [-0.2, 0) is 18.9 Å². The number of hydrogen-bond acceptors (Lipinski definition) is 8. The fourth-order valence-electron chi connectivity index (χ4n) is 3.06. The summed E-state index contributed by atoms with van der Waals surface area (Å²) in [5.41, 5.74) is 0.899. The van der Waals surface area contributed by atoms with Gasteiger partial charge in [0, 0.05) is 0 Å². The van der Waals surface area contributed by atoms with E-state index in [-0.39, 0.29) is 11.9 Å². The summed E-state index contributed by atoms with van der Waals surface area (Å²) in [6.07, 6.45) is 1.97. The smallest absolute Gasteiger partial charge is 0.338 e. The third-order valence-electron chi connectivity index (χ3n) is 5.02. The molecule has 34 heavy (non-hydrogen) atoms. The minimum atomic E-state index is -0.810. The Balaban J connectivity index is 1.55. The second-order valence-corrected chi connectivity index (χ2v) is 7.74. The van der Waals surface area contributed by atoms with Gasteiger partial charge in [-0.2, -0.15) is 0 Å². The summed E-state index contributed by atoms with van der Waals surface area (Å²) in [5.74, 6) is 0.270. The normalized spacial score (nSPS) is 17.6. The zero-order chi connectivity index (χ0) is 24.2. The van der Waals surface area contributed by atoms with E-state index in [1.54, 1.807) is 48.5 Å². The molecule has 0 aliphatic carbocycles. The van der Waals surface area contributed by atoms with E-state index >= 15 is 0 Å². The lowest BCUT2D eigenvalue weighted by Gasteiger charge is -2.31. The minimum absolute atomic E-state index is 0.356. The first-order valence-corrected chi connectivity index (χ1v) is 11.7. The van der Waals surface area contributed by atoms with Crippen molar-refractivity contribution in [1.82, 2.24) is 0 Å². The van der Waals surface area contributed by atoms with Crippen molar-refractivity contribution in [2.24, 2.45) is 0 Å². The van der Waals surface area contributed by atoms with Crippen molar-refractivity contribution in [2.75, 3.05) is 26.4 Å². The summed E-state index contributed by atoms with van der Waals surface area (Å²) in [5, 5.41) is 0. The van der Waals surface area contributed by atoms with Crippen molar-refractivity contribution in [3.8, 4) is 11.5 Å². The van der Waals surface area contributed by atoms with Gasteiger partial charge in [-0.1, -0.05) is 26.7 Å². The molecule has 1 heterocycles. The van der Waals surface area contributed by atoms with Crippen LogP contribution < -0.4 is 9.47 Å². The van der Waals surface area contributed by atoms with Gasteiger partial charge in [0.25, 0.3) is 12.6 Å². The molecule has 8 nitrogen and oxygen atoms in total. The molecule has 1 aliphatic heterocycles. The van der Waals surface area contributed by atoms with Gasteiger partial charge in [0.15, 0.2) is 0 Å². The highest BCUT2D eigenvalue weighted by Crippen LogP contribution is 2.23. The molecule has 0 aromatic heterocycles. The zero-order valence-corrected chi connectivity index (χ0v) is 19.7. The summed E-state index contributed by atoms with van der Waals surface area (Å²) in [6.45, 7) is 5.59. The molecule has 0 radical (unpaired) electrons. The highest BCUT2D eigenvalue weighted by Gasteiger charge is 2.31. The number of unbranched alkanes of at least 4 members (excludes halogenated alkanes) is 2. The Hall–Kier alpha value is -3.10. The van der Waals surface area contributed by atoms with E-state index in [0.29, 0.717) is 49.1 Å². The number of rotatable bonds is 12. The third-order valence-corrected chi connectivity index (χ3v) is 5.02. The highest BCUT2D eigenvalue weighted by atomic mass is 16.8. The number of ether oxygens (including phenoxy) is 6. The van der Waals surface area contributed by atoms with E-state index in [1.807, 2.05) is 13.8 Å². The van der Waals surface area contributed by atoms with Crippen molar-refractivity contribution in [3.05, 3.63) is 59.7 Å². The minimum Gasteiger partial charge on any atom is -0.462 e. The molecule has 1 fully saturated rings. The monoisotopic (exact) mass is 472 g/mol. The van der Waals surface area contributed by atoms with Crippen LogP contribution in [0.25, 0.3) is 0 Å². The van der Waals surface area contributed by atoms with Gasteiger partial charge in [0.05, 0.1) is 37.6 Å². The molecule has 0 bridgehead atoms. The predicted octanol–water partition coefficient (Wildman–Crippen LogP) is 4.76. The number of benzene rings is 2. The van der Waals surface area contributed by atoms with E-state index in [2.05, 4.69) is 0 Å². The summed E-state index contributed by atoms with van der Waals surface area (Å²) < 4.78 is 33.6. The average molecular weight is 473 g/mol. The van der Waals surface area contributed by atoms with Crippen LogP contribution in [0.4, 0.5) is 0 Å². The van der Waals surface area contributed by atoms with E-state index in [0.717, 1.165) is 25.7 Å². The maximum Gasteiger partial charge on any atom is 0.338 e. The maximum absolute atomic E-state index is 12.1. The number of carbonyl (C=O) groups excluding carboxylic acids is 2. The second-order valence-electron chi connectivity index (χ2n) is 7.74. The molecule has 1 saturated heterocycles. The summed E-state index contributed by atoms with van der Waals surface area (Å²) >= 11 is 0. The number of hydrogen-bond donors (Lipinski definition) is 0. The van der Waals surface area contributed by atoms with Crippen LogP contribution in [0.15, 0.2) is 48.5 Å². The first-order chi connectivity index (χ1) is 16.6. The molecule has 8 heteroatoms. The highest BCUT2D eigenvalue weighted by molar-refractivity contribution is 5.90. The molecule has 0 saturated carbocycles. The fourth-order valence-corrected chi connectivity index (χ4v) is 3.06. The molecule has 0 unspecified atom stereocenters. The first kappa shape index (κ1) is 25.5. The molecule has 0 N–H and O–H groups in total. The molecule has 0 amide bonds. The SMILES string of the molecule is CCCCOC(=O)c1ccc(O[C@H]2OCCO[C@H]2Oc2ccc(C(=O)OCCCC)cc2)cc1. The van der Waals surface area contributed by atoms with Crippen LogP contribution in [0, 0.1) is 0 Å². The molecule has 2 atom stereocenters. The van der Waals surface area contributed by atoms with Crippen molar-refractivity contribution in [1.29, 1.82) is 0 Å². The molecule has 2 aromatic rings. The largest absolute Gasteiger partial charge is 0.462 e. The Labute approximate surface area is 200 Å². The molecule has 2 aromatic carbocycles. The third kappa shape index (κ3) is 7.74. The van der Waals surface area contributed by atoms with Crippen LogP contribution >= 0.6 is 0 Å². The Morgan fingerprint density at radius 2 is 1.09 bits per heavy atom. The summed E-state index contributed by atoms with van der Waals surface area (Å²) in [4.78, 5) is 24.1. The molecule has 184 valence electrons. The van der Waals surface area contributed by atoms with Crippen molar-refractivity contribution in [3.63, 3.8) is 0 Å². The van der Waals surface area contributed by atoms with Crippen LogP contribution in [0.3, 0.4) is 0 Å². The van der Waals surface area contributed by atoms with Crippen LogP contribution in [0.2, 0.25) is 0 Å². The maximum atomic E-state index is 12.1. The van der Waals surface area contributed by atoms with Gasteiger partial charge in [0.2, 0.25) is 0 Å². The van der Waals surface area contributed by atoms with Gasteiger partial charge in [-0.3, -0.25) is 0 Å². The number of esters is 2.